The number of hydrogen-bond donors (Lipinski definition) is 2. The standard InChI is InChI=1S/C22H29NO7.ClH/c1-26-18-10-16(11-19(27-2)21(18)29-4)22(25)30-14-17(24)12-23-13-20(28-3)15-8-6-5-7-9-15;/h5-11,17,20,23-24H,12-14H2,1-4H3;1H. The molecule has 8 nitrogen and oxygen atoms in total. The quantitative estimate of drug-likeness (QED) is 0.364. The molecule has 0 saturated heterocycles. The van der Waals surface area contributed by atoms with E-state index in [4.69, 9.17) is 23.7 Å². The molecule has 0 aliphatic carbocycles. The Kier molecular flexibility index (Phi) is 11.7. The first-order valence-corrected chi connectivity index (χ1v) is 9.58. The lowest BCUT2D eigenvalue weighted by Crippen LogP contribution is -3.00. The van der Waals surface area contributed by atoms with Crippen molar-refractivity contribution in [2.75, 3.05) is 48.1 Å². The zero-order valence-corrected chi connectivity index (χ0v) is 18.9. The second-order valence-corrected chi connectivity index (χ2v) is 6.56. The molecular weight excluding hydrogens is 426 g/mol. The van der Waals surface area contributed by atoms with Crippen LogP contribution in [0.1, 0.15) is 22.0 Å². The van der Waals surface area contributed by atoms with Crippen LogP contribution in [0.4, 0.5) is 0 Å². The van der Waals surface area contributed by atoms with Gasteiger partial charge in [0.25, 0.3) is 0 Å². The number of carbonyl (C=O) groups excluding carboxylic acids is 1. The van der Waals surface area contributed by atoms with Crippen molar-refractivity contribution in [3.8, 4) is 17.2 Å². The van der Waals surface area contributed by atoms with E-state index in [1.54, 1.807) is 7.11 Å². The molecule has 0 aromatic heterocycles. The predicted molar refractivity (Wildman–Crippen MR) is 110 cm³/mol. The summed E-state index contributed by atoms with van der Waals surface area (Å²) in [6, 6.07) is 12.9. The Morgan fingerprint density at radius 1 is 0.968 bits per heavy atom. The van der Waals surface area contributed by atoms with Crippen molar-refractivity contribution in [3.63, 3.8) is 0 Å². The maximum atomic E-state index is 12.4. The van der Waals surface area contributed by atoms with Crippen molar-refractivity contribution in [2.24, 2.45) is 0 Å². The summed E-state index contributed by atoms with van der Waals surface area (Å²) in [7, 11) is 6.07. The van der Waals surface area contributed by atoms with Gasteiger partial charge in [-0.2, -0.15) is 0 Å². The van der Waals surface area contributed by atoms with Crippen LogP contribution in [-0.4, -0.2) is 65.3 Å². The molecule has 0 spiro atoms. The lowest BCUT2D eigenvalue weighted by Gasteiger charge is -2.16. The van der Waals surface area contributed by atoms with Gasteiger partial charge in [0.1, 0.15) is 31.9 Å². The number of rotatable bonds is 12. The first-order chi connectivity index (χ1) is 14.5. The molecule has 2 atom stereocenters. The third-order valence-corrected chi connectivity index (χ3v) is 4.58. The lowest BCUT2D eigenvalue weighted by atomic mass is 10.1. The highest BCUT2D eigenvalue weighted by atomic mass is 35.5. The molecule has 0 aliphatic rings. The van der Waals surface area contributed by atoms with Gasteiger partial charge in [-0.05, 0) is 17.7 Å². The number of halogens is 1. The van der Waals surface area contributed by atoms with E-state index in [0.29, 0.717) is 30.3 Å². The van der Waals surface area contributed by atoms with E-state index in [1.165, 1.54) is 33.5 Å². The fraction of sp³-hybridized carbons (Fsp3) is 0.409. The fourth-order valence-electron chi connectivity index (χ4n) is 3.00. The van der Waals surface area contributed by atoms with Gasteiger partial charge in [0.15, 0.2) is 11.5 Å². The largest absolute Gasteiger partial charge is 1.00 e. The van der Waals surface area contributed by atoms with Gasteiger partial charge in [-0.25, -0.2) is 4.79 Å². The number of aliphatic hydroxyl groups is 1. The smallest absolute Gasteiger partial charge is 0.338 e. The molecule has 3 N–H and O–H groups in total. The second-order valence-electron chi connectivity index (χ2n) is 6.56. The summed E-state index contributed by atoms with van der Waals surface area (Å²) in [6.45, 7) is 0.878. The SMILES string of the molecule is COc1cc(C(=O)OCC(O)C[NH2+]CC(OC)c2ccccc2)cc(OC)c1OC.[Cl-]. The summed E-state index contributed by atoms with van der Waals surface area (Å²) >= 11 is 0. The van der Waals surface area contributed by atoms with Crippen LogP contribution in [0.3, 0.4) is 0 Å². The van der Waals surface area contributed by atoms with Crippen LogP contribution in [-0.2, 0) is 9.47 Å². The summed E-state index contributed by atoms with van der Waals surface area (Å²) in [6.07, 6.45) is -0.899. The Morgan fingerprint density at radius 3 is 2.10 bits per heavy atom. The average Bonchev–Trinajstić information content (AvgIpc) is 2.79. The molecule has 9 heteroatoms. The molecule has 0 saturated carbocycles. The minimum absolute atomic E-state index is 0. The van der Waals surface area contributed by atoms with Crippen molar-refractivity contribution in [1.29, 1.82) is 0 Å². The van der Waals surface area contributed by atoms with Crippen LogP contribution in [0.2, 0.25) is 0 Å². The Hall–Kier alpha value is -2.52. The molecule has 0 aliphatic heterocycles. The zero-order chi connectivity index (χ0) is 21.9. The van der Waals surface area contributed by atoms with Crippen molar-refractivity contribution >= 4 is 5.97 Å². The normalized spacial score (nSPS) is 12.3. The number of methoxy groups -OCH3 is 4. The summed E-state index contributed by atoms with van der Waals surface area (Å²) in [5.74, 6) is 0.498. The van der Waals surface area contributed by atoms with E-state index in [0.717, 1.165) is 5.56 Å². The average molecular weight is 456 g/mol. The predicted octanol–water partition coefficient (Wildman–Crippen LogP) is -1.81. The number of ether oxygens (including phenoxy) is 5. The van der Waals surface area contributed by atoms with E-state index < -0.39 is 12.1 Å². The second kappa shape index (κ2) is 13.7. The molecule has 2 aromatic carbocycles. The number of esters is 1. The molecule has 2 aromatic rings. The van der Waals surface area contributed by atoms with Crippen LogP contribution in [0.15, 0.2) is 42.5 Å². The van der Waals surface area contributed by atoms with Gasteiger partial charge in [0.2, 0.25) is 5.75 Å². The van der Waals surface area contributed by atoms with E-state index in [9.17, 15) is 9.90 Å². The van der Waals surface area contributed by atoms with Gasteiger partial charge < -0.3 is 46.5 Å². The van der Waals surface area contributed by atoms with E-state index in [1.807, 2.05) is 35.6 Å². The minimum Gasteiger partial charge on any atom is -1.00 e. The van der Waals surface area contributed by atoms with E-state index in [-0.39, 0.29) is 30.7 Å². The molecular formula is C22H30ClNO7. The van der Waals surface area contributed by atoms with Gasteiger partial charge in [0.05, 0.1) is 26.9 Å². The Balaban J connectivity index is 0.00000480. The summed E-state index contributed by atoms with van der Waals surface area (Å²) in [5.41, 5.74) is 1.31. The number of hydrogen-bond acceptors (Lipinski definition) is 7. The molecule has 172 valence electrons. The van der Waals surface area contributed by atoms with Gasteiger partial charge in [-0.1, -0.05) is 30.3 Å². The van der Waals surface area contributed by atoms with E-state index in [2.05, 4.69) is 0 Å². The van der Waals surface area contributed by atoms with Gasteiger partial charge in [0, 0.05) is 7.11 Å². The lowest BCUT2D eigenvalue weighted by molar-refractivity contribution is -0.668. The summed E-state index contributed by atoms with van der Waals surface area (Å²) < 4.78 is 26.5. The van der Waals surface area contributed by atoms with Crippen molar-refractivity contribution in [1.82, 2.24) is 0 Å². The molecule has 0 bridgehead atoms. The van der Waals surface area contributed by atoms with Crippen LogP contribution in [0.5, 0.6) is 17.2 Å². The maximum Gasteiger partial charge on any atom is 0.338 e. The number of nitrogens with two attached hydrogens (primary N) is 1. The third kappa shape index (κ3) is 7.59. The third-order valence-electron chi connectivity index (χ3n) is 4.58. The van der Waals surface area contributed by atoms with E-state index >= 15 is 0 Å². The number of carbonyl (C=O) groups is 1. The van der Waals surface area contributed by atoms with Gasteiger partial charge in [-0.3, -0.25) is 0 Å². The summed E-state index contributed by atoms with van der Waals surface area (Å²) in [5, 5.41) is 12.1. The van der Waals surface area contributed by atoms with Crippen LogP contribution < -0.4 is 31.9 Å². The molecule has 0 amide bonds. The molecule has 0 fully saturated rings. The first-order valence-electron chi connectivity index (χ1n) is 9.58. The van der Waals surface area contributed by atoms with Crippen molar-refractivity contribution in [2.45, 2.75) is 12.2 Å². The fourth-order valence-corrected chi connectivity index (χ4v) is 3.00. The topological polar surface area (TPSA) is 100 Å². The van der Waals surface area contributed by atoms with Crippen LogP contribution >= 0.6 is 0 Å². The zero-order valence-electron chi connectivity index (χ0n) is 18.2. The molecule has 0 heterocycles. The molecule has 2 rings (SSSR count). The first kappa shape index (κ1) is 26.5. The highest BCUT2D eigenvalue weighted by Crippen LogP contribution is 2.38. The molecule has 2 unspecified atom stereocenters. The minimum atomic E-state index is -0.815. The van der Waals surface area contributed by atoms with Gasteiger partial charge >= 0.3 is 5.97 Å². The Labute approximate surface area is 188 Å². The van der Waals surface area contributed by atoms with Crippen molar-refractivity contribution < 1.29 is 51.3 Å². The number of benzene rings is 2. The molecule has 31 heavy (non-hydrogen) atoms. The van der Waals surface area contributed by atoms with Crippen LogP contribution in [0.25, 0.3) is 0 Å². The maximum absolute atomic E-state index is 12.4. The Morgan fingerprint density at radius 2 is 1.58 bits per heavy atom. The van der Waals surface area contributed by atoms with Crippen LogP contribution in [0, 0.1) is 0 Å². The Bertz CT molecular complexity index is 779. The number of aliphatic hydroxyl groups excluding tert-OH is 1. The number of quaternary nitrogens is 1. The van der Waals surface area contributed by atoms with Gasteiger partial charge in [-0.15, -0.1) is 0 Å². The van der Waals surface area contributed by atoms with Crippen molar-refractivity contribution in [3.05, 3.63) is 53.6 Å². The monoisotopic (exact) mass is 455 g/mol. The highest BCUT2D eigenvalue weighted by molar-refractivity contribution is 5.91. The summed E-state index contributed by atoms with van der Waals surface area (Å²) in [4.78, 5) is 12.4. The highest BCUT2D eigenvalue weighted by Gasteiger charge is 2.19. The molecule has 0 radical (unpaired) electrons.